The van der Waals surface area contributed by atoms with Crippen LogP contribution in [0.2, 0.25) is 0 Å². The van der Waals surface area contributed by atoms with Gasteiger partial charge in [0.05, 0.1) is 25.3 Å². The van der Waals surface area contributed by atoms with Gasteiger partial charge >= 0.3 is 0 Å². The van der Waals surface area contributed by atoms with Crippen LogP contribution in [0.15, 0.2) is 40.7 Å². The van der Waals surface area contributed by atoms with Gasteiger partial charge in [-0.15, -0.1) is 11.3 Å². The van der Waals surface area contributed by atoms with E-state index in [0.717, 1.165) is 55.5 Å². The summed E-state index contributed by atoms with van der Waals surface area (Å²) in [5.41, 5.74) is 1.10. The summed E-state index contributed by atoms with van der Waals surface area (Å²) < 4.78 is 11.0. The normalized spacial score (nSPS) is 15.3. The Kier molecular flexibility index (Phi) is 8.04. The molecule has 2 aromatic rings. The minimum atomic E-state index is 0.443. The van der Waals surface area contributed by atoms with Crippen molar-refractivity contribution < 1.29 is 9.47 Å². The quantitative estimate of drug-likeness (QED) is 0.505. The molecule has 0 saturated carbocycles. The smallest absolute Gasteiger partial charge is 0.191 e. The number of hydrogen-bond acceptors (Lipinski definition) is 5. The number of nitrogens with zero attached hydrogens (tertiary/aromatic N) is 2. The van der Waals surface area contributed by atoms with E-state index in [1.165, 1.54) is 5.00 Å². The van der Waals surface area contributed by atoms with Crippen molar-refractivity contribution in [3.05, 3.63) is 41.3 Å². The second kappa shape index (κ2) is 11.0. The maximum Gasteiger partial charge on any atom is 0.191 e. The van der Waals surface area contributed by atoms with E-state index in [4.69, 9.17) is 14.5 Å². The van der Waals surface area contributed by atoms with Crippen LogP contribution in [0.25, 0.3) is 0 Å². The number of thiophene rings is 1. The summed E-state index contributed by atoms with van der Waals surface area (Å²) in [5, 5.41) is 10.5. The molecule has 1 aliphatic heterocycles. The van der Waals surface area contributed by atoms with Crippen LogP contribution in [0, 0.1) is 0 Å². The van der Waals surface area contributed by atoms with E-state index in [2.05, 4.69) is 40.0 Å². The van der Waals surface area contributed by atoms with Crippen molar-refractivity contribution in [2.24, 2.45) is 4.99 Å². The number of piperidine rings is 1. The lowest BCUT2D eigenvalue weighted by Crippen LogP contribution is -2.48. The zero-order valence-electron chi connectivity index (χ0n) is 17.6. The predicted octanol–water partition coefficient (Wildman–Crippen LogP) is 3.88. The van der Waals surface area contributed by atoms with Gasteiger partial charge in [-0.1, -0.05) is 6.07 Å². The van der Waals surface area contributed by atoms with Gasteiger partial charge in [0.1, 0.15) is 0 Å². The molecule has 158 valence electrons. The van der Waals surface area contributed by atoms with E-state index in [9.17, 15) is 0 Å². The number of benzene rings is 1. The summed E-state index contributed by atoms with van der Waals surface area (Å²) in [5.74, 6) is 2.39. The third-order valence-electron chi connectivity index (χ3n) is 4.95. The fourth-order valence-corrected chi connectivity index (χ4v) is 4.25. The van der Waals surface area contributed by atoms with Crippen LogP contribution in [0.5, 0.6) is 11.5 Å². The number of methoxy groups -OCH3 is 1. The van der Waals surface area contributed by atoms with E-state index < -0.39 is 0 Å². The SMILES string of the molecule is CCNC(=NCc1ccc(OC)c(OCC)c1)NC1CCN(c2cccs2)CC1. The molecule has 1 aromatic heterocycles. The van der Waals surface area contributed by atoms with E-state index in [-0.39, 0.29) is 0 Å². The first-order valence-corrected chi connectivity index (χ1v) is 11.2. The molecule has 29 heavy (non-hydrogen) atoms. The molecule has 1 aliphatic rings. The highest BCUT2D eigenvalue weighted by atomic mass is 32.1. The van der Waals surface area contributed by atoms with Crippen LogP contribution in [-0.4, -0.2) is 45.4 Å². The molecule has 2 heterocycles. The number of anilines is 1. The van der Waals surface area contributed by atoms with Crippen LogP contribution >= 0.6 is 11.3 Å². The summed E-state index contributed by atoms with van der Waals surface area (Å²) in [7, 11) is 1.66. The second-order valence-corrected chi connectivity index (χ2v) is 7.90. The average Bonchev–Trinajstić information content (AvgIpc) is 3.28. The van der Waals surface area contributed by atoms with Crippen LogP contribution in [0.1, 0.15) is 32.3 Å². The van der Waals surface area contributed by atoms with E-state index in [0.29, 0.717) is 19.2 Å². The first-order chi connectivity index (χ1) is 14.2. The Morgan fingerprint density at radius 1 is 1.21 bits per heavy atom. The van der Waals surface area contributed by atoms with Crippen LogP contribution in [0.3, 0.4) is 0 Å². The Morgan fingerprint density at radius 3 is 2.69 bits per heavy atom. The van der Waals surface area contributed by atoms with Crippen molar-refractivity contribution in [2.45, 2.75) is 39.3 Å². The van der Waals surface area contributed by atoms with Crippen molar-refractivity contribution in [1.29, 1.82) is 0 Å². The number of ether oxygens (including phenoxy) is 2. The Labute approximate surface area is 177 Å². The fourth-order valence-electron chi connectivity index (χ4n) is 3.47. The fraction of sp³-hybridized carbons (Fsp3) is 0.500. The molecule has 0 bridgehead atoms. The summed E-state index contributed by atoms with van der Waals surface area (Å²) in [6.07, 6.45) is 2.22. The van der Waals surface area contributed by atoms with Gasteiger partial charge < -0.3 is 25.0 Å². The van der Waals surface area contributed by atoms with Crippen molar-refractivity contribution in [2.75, 3.05) is 38.3 Å². The monoisotopic (exact) mass is 416 g/mol. The number of rotatable bonds is 8. The molecule has 0 unspecified atom stereocenters. The topological polar surface area (TPSA) is 58.1 Å². The number of hydrogen-bond donors (Lipinski definition) is 2. The van der Waals surface area contributed by atoms with E-state index in [1.54, 1.807) is 7.11 Å². The van der Waals surface area contributed by atoms with Crippen molar-refractivity contribution in [1.82, 2.24) is 10.6 Å². The molecule has 0 spiro atoms. The number of nitrogens with one attached hydrogen (secondary N) is 2. The van der Waals surface area contributed by atoms with Gasteiger partial charge in [-0.3, -0.25) is 0 Å². The Morgan fingerprint density at radius 2 is 2.03 bits per heavy atom. The van der Waals surface area contributed by atoms with Crippen LogP contribution in [0.4, 0.5) is 5.00 Å². The standard InChI is InChI=1S/C22H32N4O2S/c1-4-23-22(24-16-17-8-9-19(27-3)20(15-17)28-5-2)25-18-10-12-26(13-11-18)21-7-6-14-29-21/h6-9,14-15,18H,4-5,10-13,16H2,1-3H3,(H2,23,24,25). The molecular weight excluding hydrogens is 384 g/mol. The maximum atomic E-state index is 5.68. The van der Waals surface area contributed by atoms with Crippen LogP contribution < -0.4 is 25.0 Å². The molecule has 6 nitrogen and oxygen atoms in total. The van der Waals surface area contributed by atoms with E-state index >= 15 is 0 Å². The summed E-state index contributed by atoms with van der Waals surface area (Å²) in [4.78, 5) is 7.26. The largest absolute Gasteiger partial charge is 0.493 e. The summed E-state index contributed by atoms with van der Waals surface area (Å²) >= 11 is 1.82. The summed E-state index contributed by atoms with van der Waals surface area (Å²) in [6.45, 7) is 8.26. The maximum absolute atomic E-state index is 5.68. The molecule has 3 rings (SSSR count). The Balaban J connectivity index is 1.58. The third kappa shape index (κ3) is 6.03. The lowest BCUT2D eigenvalue weighted by atomic mass is 10.1. The molecule has 1 fully saturated rings. The molecule has 1 aromatic carbocycles. The van der Waals surface area contributed by atoms with Gasteiger partial charge in [-0.2, -0.15) is 0 Å². The highest BCUT2D eigenvalue weighted by Crippen LogP contribution is 2.28. The molecule has 0 radical (unpaired) electrons. The molecule has 2 N–H and O–H groups in total. The lowest BCUT2D eigenvalue weighted by molar-refractivity contribution is 0.310. The number of guanidine groups is 1. The van der Waals surface area contributed by atoms with Crippen molar-refractivity contribution >= 4 is 22.3 Å². The van der Waals surface area contributed by atoms with Gasteiger partial charge in [-0.25, -0.2) is 4.99 Å². The molecule has 1 saturated heterocycles. The first-order valence-electron chi connectivity index (χ1n) is 10.4. The van der Waals surface area contributed by atoms with Crippen LogP contribution in [-0.2, 0) is 6.54 Å². The van der Waals surface area contributed by atoms with Gasteiger partial charge in [-0.05, 0) is 61.9 Å². The molecule has 0 amide bonds. The molecular formula is C22H32N4O2S. The minimum Gasteiger partial charge on any atom is -0.493 e. The third-order valence-corrected chi connectivity index (χ3v) is 5.87. The lowest BCUT2D eigenvalue weighted by Gasteiger charge is -2.33. The van der Waals surface area contributed by atoms with Crippen molar-refractivity contribution in [3.63, 3.8) is 0 Å². The zero-order chi connectivity index (χ0) is 20.5. The van der Waals surface area contributed by atoms with Gasteiger partial charge in [0, 0.05) is 25.7 Å². The molecule has 7 heteroatoms. The highest BCUT2D eigenvalue weighted by Gasteiger charge is 2.20. The van der Waals surface area contributed by atoms with Crippen molar-refractivity contribution in [3.8, 4) is 11.5 Å². The summed E-state index contributed by atoms with van der Waals surface area (Å²) in [6, 6.07) is 10.8. The molecule has 0 aliphatic carbocycles. The van der Waals surface area contributed by atoms with Gasteiger partial charge in [0.15, 0.2) is 17.5 Å². The zero-order valence-corrected chi connectivity index (χ0v) is 18.4. The first kappa shape index (κ1) is 21.3. The van der Waals surface area contributed by atoms with Gasteiger partial charge in [0.25, 0.3) is 0 Å². The van der Waals surface area contributed by atoms with E-state index in [1.807, 2.05) is 36.5 Å². The second-order valence-electron chi connectivity index (χ2n) is 6.97. The number of aliphatic imine (C=N–C) groups is 1. The minimum absolute atomic E-state index is 0.443. The Bertz CT molecular complexity index is 771. The molecule has 0 atom stereocenters. The predicted molar refractivity (Wildman–Crippen MR) is 122 cm³/mol. The highest BCUT2D eigenvalue weighted by molar-refractivity contribution is 7.14. The average molecular weight is 417 g/mol. The van der Waals surface area contributed by atoms with Gasteiger partial charge in [0.2, 0.25) is 0 Å². The Hall–Kier alpha value is -2.41.